The molecule has 0 radical (unpaired) electrons. The summed E-state index contributed by atoms with van der Waals surface area (Å²) in [5, 5.41) is 3.71. The van der Waals surface area contributed by atoms with E-state index in [0.29, 0.717) is 13.2 Å². The maximum atomic E-state index is 11.2. The molecule has 0 atom stereocenters. The monoisotopic (exact) mass is 233 g/mol. The van der Waals surface area contributed by atoms with Crippen LogP contribution in [0.1, 0.15) is 18.9 Å². The van der Waals surface area contributed by atoms with E-state index in [-0.39, 0.29) is 6.09 Å². The highest BCUT2D eigenvalue weighted by Gasteiger charge is 2.02. The van der Waals surface area contributed by atoms with E-state index in [2.05, 4.69) is 15.3 Å². The van der Waals surface area contributed by atoms with E-state index in [0.717, 1.165) is 23.0 Å². The molecule has 5 nitrogen and oxygen atoms in total. The lowest BCUT2D eigenvalue weighted by Crippen LogP contribution is -2.24. The molecule has 0 aliphatic heterocycles. The van der Waals surface area contributed by atoms with Crippen LogP contribution in [0.3, 0.4) is 0 Å². The largest absolute Gasteiger partial charge is 0.450 e. The van der Waals surface area contributed by atoms with Crippen molar-refractivity contribution in [3.8, 4) is 0 Å². The number of amides is 1. The van der Waals surface area contributed by atoms with Crippen molar-refractivity contribution >= 4 is 17.1 Å². The number of rotatable bonds is 4. The van der Waals surface area contributed by atoms with Crippen molar-refractivity contribution < 1.29 is 9.53 Å². The second kappa shape index (κ2) is 5.34. The molecule has 1 amide bonds. The van der Waals surface area contributed by atoms with Crippen LogP contribution in [0, 0.1) is 0 Å². The van der Waals surface area contributed by atoms with Crippen LogP contribution in [0.4, 0.5) is 4.79 Å². The first kappa shape index (κ1) is 11.4. The summed E-state index contributed by atoms with van der Waals surface area (Å²) in [5.74, 6) is 0. The molecule has 0 saturated heterocycles. The number of nitrogens with zero attached hydrogens (tertiary/aromatic N) is 1. The molecule has 0 fully saturated rings. The number of alkyl carbamates (subject to hydrolysis) is 1. The van der Waals surface area contributed by atoms with Crippen LogP contribution in [0.15, 0.2) is 24.5 Å². The average molecular weight is 233 g/mol. The van der Waals surface area contributed by atoms with Gasteiger partial charge < -0.3 is 15.0 Å². The molecule has 0 aliphatic rings. The minimum atomic E-state index is -0.388. The van der Waals surface area contributed by atoms with Gasteiger partial charge in [0.05, 0.1) is 6.61 Å². The standard InChI is InChI=1S/C12H15N3O2/c1-2-5-17-12(16)15-8-9-6-10-3-4-13-11(10)14-7-9/h3-4,6-7H,2,5,8H2,1H3,(H,13,14)(H,15,16). The van der Waals surface area contributed by atoms with E-state index in [9.17, 15) is 4.79 Å². The number of H-pyrrole nitrogens is 1. The zero-order valence-corrected chi connectivity index (χ0v) is 9.69. The summed E-state index contributed by atoms with van der Waals surface area (Å²) >= 11 is 0. The van der Waals surface area contributed by atoms with Gasteiger partial charge in [-0.25, -0.2) is 9.78 Å². The summed E-state index contributed by atoms with van der Waals surface area (Å²) in [6, 6.07) is 3.93. The molecule has 5 heteroatoms. The number of pyridine rings is 1. The molecule has 0 aliphatic carbocycles. The van der Waals surface area contributed by atoms with Gasteiger partial charge in [0.25, 0.3) is 0 Å². The summed E-state index contributed by atoms with van der Waals surface area (Å²) in [6.07, 6.45) is 4.01. The predicted molar refractivity (Wildman–Crippen MR) is 64.6 cm³/mol. The number of hydrogen-bond acceptors (Lipinski definition) is 3. The molecule has 0 aromatic carbocycles. The number of carbonyl (C=O) groups is 1. The van der Waals surface area contributed by atoms with E-state index in [4.69, 9.17) is 4.74 Å². The number of nitrogens with one attached hydrogen (secondary N) is 2. The highest BCUT2D eigenvalue weighted by atomic mass is 16.5. The fourth-order valence-electron chi connectivity index (χ4n) is 1.50. The Labute approximate surface area is 99.2 Å². The Kier molecular flexibility index (Phi) is 3.59. The number of ether oxygens (including phenoxy) is 1. The quantitative estimate of drug-likeness (QED) is 0.850. The van der Waals surface area contributed by atoms with Crippen LogP contribution in [-0.2, 0) is 11.3 Å². The zero-order chi connectivity index (χ0) is 12.1. The van der Waals surface area contributed by atoms with Gasteiger partial charge in [-0.15, -0.1) is 0 Å². The van der Waals surface area contributed by atoms with Gasteiger partial charge in [-0.2, -0.15) is 0 Å². The number of carbonyl (C=O) groups excluding carboxylic acids is 1. The first-order valence-electron chi connectivity index (χ1n) is 5.62. The second-order valence-electron chi connectivity index (χ2n) is 3.75. The number of aromatic nitrogens is 2. The fourth-order valence-corrected chi connectivity index (χ4v) is 1.50. The van der Waals surface area contributed by atoms with Crippen molar-refractivity contribution in [1.82, 2.24) is 15.3 Å². The van der Waals surface area contributed by atoms with Gasteiger partial charge in [0.2, 0.25) is 0 Å². The normalized spacial score (nSPS) is 10.4. The number of fused-ring (bicyclic) bond motifs is 1. The van der Waals surface area contributed by atoms with Crippen LogP contribution in [0.5, 0.6) is 0 Å². The Balaban J connectivity index is 1.92. The van der Waals surface area contributed by atoms with Crippen molar-refractivity contribution in [2.75, 3.05) is 6.61 Å². The van der Waals surface area contributed by atoms with Crippen LogP contribution in [-0.4, -0.2) is 22.7 Å². The first-order chi connectivity index (χ1) is 8.29. The molecule has 0 saturated carbocycles. The maximum Gasteiger partial charge on any atom is 0.407 e. The van der Waals surface area contributed by atoms with E-state index in [1.54, 1.807) is 6.20 Å². The lowest BCUT2D eigenvalue weighted by Gasteiger charge is -2.05. The number of aromatic amines is 1. The van der Waals surface area contributed by atoms with Crippen molar-refractivity contribution in [2.45, 2.75) is 19.9 Å². The highest BCUT2D eigenvalue weighted by Crippen LogP contribution is 2.10. The van der Waals surface area contributed by atoms with Gasteiger partial charge in [0, 0.05) is 24.3 Å². The summed E-state index contributed by atoms with van der Waals surface area (Å²) in [5.41, 5.74) is 1.80. The SMILES string of the molecule is CCCOC(=O)NCc1cnc2[nH]ccc2c1. The molecule has 0 spiro atoms. The Hall–Kier alpha value is -2.04. The van der Waals surface area contributed by atoms with E-state index in [1.165, 1.54) is 0 Å². The van der Waals surface area contributed by atoms with Crippen molar-refractivity contribution in [3.05, 3.63) is 30.1 Å². The molecule has 0 unspecified atom stereocenters. The van der Waals surface area contributed by atoms with Gasteiger partial charge >= 0.3 is 6.09 Å². The fraction of sp³-hybridized carbons (Fsp3) is 0.333. The third-order valence-electron chi connectivity index (χ3n) is 2.33. The van der Waals surface area contributed by atoms with Crippen LogP contribution in [0.25, 0.3) is 11.0 Å². The predicted octanol–water partition coefficient (Wildman–Crippen LogP) is 2.20. The minimum absolute atomic E-state index is 0.388. The maximum absolute atomic E-state index is 11.2. The zero-order valence-electron chi connectivity index (χ0n) is 9.69. The Morgan fingerprint density at radius 3 is 3.29 bits per heavy atom. The van der Waals surface area contributed by atoms with Gasteiger partial charge in [-0.3, -0.25) is 0 Å². The van der Waals surface area contributed by atoms with Crippen LogP contribution < -0.4 is 5.32 Å². The third-order valence-corrected chi connectivity index (χ3v) is 2.33. The van der Waals surface area contributed by atoms with E-state index >= 15 is 0 Å². The van der Waals surface area contributed by atoms with Gasteiger partial charge in [0.15, 0.2) is 0 Å². The molecule has 2 rings (SSSR count). The molecule has 2 N–H and O–H groups in total. The molecule has 2 aromatic heterocycles. The van der Waals surface area contributed by atoms with Gasteiger partial charge in [-0.05, 0) is 24.1 Å². The second-order valence-corrected chi connectivity index (χ2v) is 3.75. The van der Waals surface area contributed by atoms with Crippen molar-refractivity contribution in [3.63, 3.8) is 0 Å². The van der Waals surface area contributed by atoms with Crippen molar-refractivity contribution in [2.24, 2.45) is 0 Å². The molecular formula is C12H15N3O2. The van der Waals surface area contributed by atoms with Crippen LogP contribution >= 0.6 is 0 Å². The van der Waals surface area contributed by atoms with E-state index in [1.807, 2.05) is 25.3 Å². The average Bonchev–Trinajstić information content (AvgIpc) is 2.81. The van der Waals surface area contributed by atoms with Gasteiger partial charge in [-0.1, -0.05) is 6.92 Å². The lowest BCUT2D eigenvalue weighted by molar-refractivity contribution is 0.146. The van der Waals surface area contributed by atoms with Crippen molar-refractivity contribution in [1.29, 1.82) is 0 Å². The first-order valence-corrected chi connectivity index (χ1v) is 5.62. The molecule has 90 valence electrons. The third kappa shape index (κ3) is 2.96. The summed E-state index contributed by atoms with van der Waals surface area (Å²) in [7, 11) is 0. The smallest absolute Gasteiger partial charge is 0.407 e. The Morgan fingerprint density at radius 1 is 1.59 bits per heavy atom. The molecule has 0 bridgehead atoms. The van der Waals surface area contributed by atoms with E-state index < -0.39 is 0 Å². The molecule has 17 heavy (non-hydrogen) atoms. The highest BCUT2D eigenvalue weighted by molar-refractivity contribution is 5.75. The Bertz CT molecular complexity index is 507. The number of hydrogen-bond donors (Lipinski definition) is 2. The molecular weight excluding hydrogens is 218 g/mol. The summed E-state index contributed by atoms with van der Waals surface area (Å²) < 4.78 is 4.91. The summed E-state index contributed by atoms with van der Waals surface area (Å²) in [4.78, 5) is 18.5. The minimum Gasteiger partial charge on any atom is -0.450 e. The molecule has 2 heterocycles. The Morgan fingerprint density at radius 2 is 2.47 bits per heavy atom. The lowest BCUT2D eigenvalue weighted by atomic mass is 10.2. The van der Waals surface area contributed by atoms with Gasteiger partial charge in [0.1, 0.15) is 5.65 Å². The summed E-state index contributed by atoms with van der Waals surface area (Å²) in [6.45, 7) is 2.83. The molecule has 2 aromatic rings. The topological polar surface area (TPSA) is 67.0 Å². The van der Waals surface area contributed by atoms with Crippen LogP contribution in [0.2, 0.25) is 0 Å².